The molecule has 1 aromatic rings. The van der Waals surface area contributed by atoms with Crippen molar-refractivity contribution in [1.82, 2.24) is 0 Å². The summed E-state index contributed by atoms with van der Waals surface area (Å²) in [6, 6.07) is 9.30. The molecule has 2 heteroatoms. The Kier molecular flexibility index (Phi) is 3.07. The predicted molar refractivity (Wildman–Crippen MR) is 76.0 cm³/mol. The maximum atomic E-state index is 2.53. The number of hydrogen-bond acceptors (Lipinski definition) is 2. The van der Waals surface area contributed by atoms with Crippen LogP contribution in [0.15, 0.2) is 24.3 Å². The fourth-order valence-corrected chi connectivity index (χ4v) is 3.08. The van der Waals surface area contributed by atoms with Crippen molar-refractivity contribution in [1.29, 1.82) is 0 Å². The topological polar surface area (TPSA) is 6.48 Å². The Morgan fingerprint density at radius 1 is 1.06 bits per heavy atom. The summed E-state index contributed by atoms with van der Waals surface area (Å²) < 4.78 is 0. The van der Waals surface area contributed by atoms with Crippen LogP contribution in [0, 0.1) is 0 Å². The lowest BCUT2D eigenvalue weighted by Crippen LogP contribution is -2.61. The molecule has 0 N–H and O–H groups in total. The van der Waals surface area contributed by atoms with E-state index >= 15 is 0 Å². The largest absolute Gasteiger partial charge is 0.365 e. The highest BCUT2D eigenvalue weighted by atomic mass is 15.3. The minimum atomic E-state index is 0.180. The molecule has 0 aliphatic carbocycles. The third kappa shape index (κ3) is 1.70. The van der Waals surface area contributed by atoms with Crippen molar-refractivity contribution in [3.8, 4) is 0 Å². The van der Waals surface area contributed by atoms with Crippen molar-refractivity contribution in [2.24, 2.45) is 0 Å². The first kappa shape index (κ1) is 12.3. The van der Waals surface area contributed by atoms with Gasteiger partial charge in [0.15, 0.2) is 0 Å². The smallest absolute Gasteiger partial charge is 0.0609 e. The summed E-state index contributed by atoms with van der Waals surface area (Å²) in [5.41, 5.74) is 2.93. The first-order valence-electron chi connectivity index (χ1n) is 6.67. The van der Waals surface area contributed by atoms with E-state index in [9.17, 15) is 0 Å². The Bertz CT molecular complexity index is 398. The van der Waals surface area contributed by atoms with E-state index in [0.29, 0.717) is 6.04 Å². The minimum absolute atomic E-state index is 0.180. The summed E-state index contributed by atoms with van der Waals surface area (Å²) in [5, 5.41) is 0. The van der Waals surface area contributed by atoms with Crippen LogP contribution < -0.4 is 9.80 Å². The van der Waals surface area contributed by atoms with Crippen molar-refractivity contribution in [2.75, 3.05) is 22.9 Å². The van der Waals surface area contributed by atoms with E-state index in [1.54, 1.807) is 0 Å². The molecule has 0 saturated heterocycles. The van der Waals surface area contributed by atoms with Gasteiger partial charge in [0, 0.05) is 19.1 Å². The molecule has 0 spiro atoms. The fourth-order valence-electron chi connectivity index (χ4n) is 3.08. The van der Waals surface area contributed by atoms with Crippen LogP contribution in [-0.4, -0.2) is 24.7 Å². The summed E-state index contributed by atoms with van der Waals surface area (Å²) in [6.45, 7) is 13.6. The fraction of sp³-hybridized carbons (Fsp3) is 0.600. The van der Waals surface area contributed by atoms with Gasteiger partial charge in [0.25, 0.3) is 0 Å². The molecule has 1 heterocycles. The Balaban J connectivity index is 2.58. The van der Waals surface area contributed by atoms with Crippen molar-refractivity contribution in [2.45, 2.75) is 46.2 Å². The van der Waals surface area contributed by atoms with Crippen LogP contribution in [0.1, 0.15) is 34.6 Å². The maximum Gasteiger partial charge on any atom is 0.0609 e. The van der Waals surface area contributed by atoms with E-state index in [4.69, 9.17) is 0 Å². The van der Waals surface area contributed by atoms with Crippen LogP contribution in [0.25, 0.3) is 0 Å². The summed E-state index contributed by atoms with van der Waals surface area (Å²) in [6.07, 6.45) is 0. The van der Waals surface area contributed by atoms with Gasteiger partial charge >= 0.3 is 0 Å². The Morgan fingerprint density at radius 2 is 1.65 bits per heavy atom. The highest BCUT2D eigenvalue weighted by Gasteiger charge is 2.40. The van der Waals surface area contributed by atoms with Crippen LogP contribution in [0.4, 0.5) is 11.4 Å². The molecule has 1 aliphatic heterocycles. The first-order chi connectivity index (χ1) is 8.04. The zero-order chi connectivity index (χ0) is 12.6. The normalized spacial score (nSPS) is 22.5. The lowest BCUT2D eigenvalue weighted by molar-refractivity contribution is 0.364. The highest BCUT2D eigenvalue weighted by molar-refractivity contribution is 5.75. The van der Waals surface area contributed by atoms with Crippen LogP contribution in [-0.2, 0) is 0 Å². The second kappa shape index (κ2) is 4.25. The van der Waals surface area contributed by atoms with Crippen LogP contribution in [0.2, 0.25) is 0 Å². The van der Waals surface area contributed by atoms with Crippen LogP contribution >= 0.6 is 0 Å². The lowest BCUT2D eigenvalue weighted by atomic mass is 9.87. The molecule has 0 radical (unpaired) electrons. The third-order valence-electron chi connectivity index (χ3n) is 4.32. The molecule has 1 aromatic carbocycles. The number of fused-ring (bicyclic) bond motifs is 1. The van der Waals surface area contributed by atoms with Gasteiger partial charge in [0.2, 0.25) is 0 Å². The molecule has 0 aromatic heterocycles. The average molecular weight is 232 g/mol. The molecule has 94 valence electrons. The number of benzene rings is 1. The zero-order valence-corrected chi connectivity index (χ0v) is 11.7. The Morgan fingerprint density at radius 3 is 2.18 bits per heavy atom. The van der Waals surface area contributed by atoms with Crippen molar-refractivity contribution >= 4 is 11.4 Å². The third-order valence-corrected chi connectivity index (χ3v) is 4.32. The van der Waals surface area contributed by atoms with Gasteiger partial charge in [0.1, 0.15) is 0 Å². The van der Waals surface area contributed by atoms with Gasteiger partial charge in [-0.3, -0.25) is 0 Å². The summed E-state index contributed by atoms with van der Waals surface area (Å²) in [4.78, 5) is 5.04. The van der Waals surface area contributed by atoms with Gasteiger partial charge in [0.05, 0.1) is 16.9 Å². The first-order valence-corrected chi connectivity index (χ1v) is 6.67. The molecule has 2 rings (SSSR count). The SMILES string of the molecule is CCN1c2ccccc2N(CC)C(C)(C)C1C. The van der Waals surface area contributed by atoms with Crippen molar-refractivity contribution < 1.29 is 0 Å². The summed E-state index contributed by atoms with van der Waals surface area (Å²) in [7, 11) is 0. The number of hydrogen-bond donors (Lipinski definition) is 0. The second-order valence-electron chi connectivity index (χ2n) is 5.35. The highest BCUT2D eigenvalue weighted by Crippen LogP contribution is 2.42. The molecule has 1 aliphatic rings. The Labute approximate surface area is 105 Å². The van der Waals surface area contributed by atoms with E-state index in [1.807, 2.05) is 0 Å². The van der Waals surface area contributed by atoms with Crippen molar-refractivity contribution in [3.05, 3.63) is 24.3 Å². The predicted octanol–water partition coefficient (Wildman–Crippen LogP) is 3.52. The maximum absolute atomic E-state index is 2.53. The number of para-hydroxylation sites is 2. The minimum Gasteiger partial charge on any atom is -0.365 e. The number of likely N-dealkylation sites (N-methyl/N-ethyl adjacent to an activating group) is 2. The molecule has 2 nitrogen and oxygen atoms in total. The molecule has 0 bridgehead atoms. The molecule has 17 heavy (non-hydrogen) atoms. The molecule has 0 amide bonds. The monoisotopic (exact) mass is 232 g/mol. The van der Waals surface area contributed by atoms with E-state index in [2.05, 4.69) is 68.7 Å². The van der Waals surface area contributed by atoms with E-state index < -0.39 is 0 Å². The molecule has 1 unspecified atom stereocenters. The molecular weight excluding hydrogens is 208 g/mol. The van der Waals surface area contributed by atoms with Gasteiger partial charge in [-0.15, -0.1) is 0 Å². The molecule has 0 saturated carbocycles. The van der Waals surface area contributed by atoms with Gasteiger partial charge < -0.3 is 9.80 Å². The second-order valence-corrected chi connectivity index (χ2v) is 5.35. The van der Waals surface area contributed by atoms with E-state index in [-0.39, 0.29) is 5.54 Å². The van der Waals surface area contributed by atoms with Gasteiger partial charge in [-0.05, 0) is 46.8 Å². The van der Waals surface area contributed by atoms with Crippen molar-refractivity contribution in [3.63, 3.8) is 0 Å². The van der Waals surface area contributed by atoms with Gasteiger partial charge in [-0.2, -0.15) is 0 Å². The number of nitrogens with zero attached hydrogens (tertiary/aromatic N) is 2. The number of anilines is 2. The number of rotatable bonds is 2. The van der Waals surface area contributed by atoms with Gasteiger partial charge in [-0.1, -0.05) is 12.1 Å². The standard InChI is InChI=1S/C15H24N2/c1-6-16-12(3)15(4,5)17(7-2)14-11-9-8-10-13(14)16/h8-12H,6-7H2,1-5H3. The van der Waals surface area contributed by atoms with E-state index in [0.717, 1.165) is 13.1 Å². The quantitative estimate of drug-likeness (QED) is 0.770. The summed E-state index contributed by atoms with van der Waals surface area (Å²) in [5.74, 6) is 0. The molecule has 1 atom stereocenters. The molecule has 0 fully saturated rings. The van der Waals surface area contributed by atoms with Crippen LogP contribution in [0.3, 0.4) is 0 Å². The molecular formula is C15H24N2. The summed E-state index contributed by atoms with van der Waals surface area (Å²) >= 11 is 0. The zero-order valence-electron chi connectivity index (χ0n) is 11.7. The lowest BCUT2D eigenvalue weighted by Gasteiger charge is -2.54. The van der Waals surface area contributed by atoms with Gasteiger partial charge in [-0.25, -0.2) is 0 Å². The Hall–Kier alpha value is -1.18. The average Bonchev–Trinajstić information content (AvgIpc) is 2.31. The van der Waals surface area contributed by atoms with E-state index in [1.165, 1.54) is 11.4 Å². The van der Waals surface area contributed by atoms with Crippen LogP contribution in [0.5, 0.6) is 0 Å².